The van der Waals surface area contributed by atoms with Gasteiger partial charge in [0.2, 0.25) is 0 Å². The molecule has 1 aliphatic rings. The molecule has 0 bridgehead atoms. The maximum atomic E-state index is 12.7. The maximum Gasteiger partial charge on any atom is 0.337 e. The number of H-pyrrole nitrogens is 1. The number of carbonyl (C=O) groups is 2. The fraction of sp³-hybridized carbons (Fsp3) is 0.476. The van der Waals surface area contributed by atoms with Crippen LogP contribution < -0.4 is 10.2 Å². The zero-order chi connectivity index (χ0) is 21.7. The summed E-state index contributed by atoms with van der Waals surface area (Å²) in [6, 6.07) is 7.15. The first-order valence-corrected chi connectivity index (χ1v) is 10.4. The number of piperidine rings is 1. The molecular weight excluding hydrogens is 408 g/mol. The van der Waals surface area contributed by atoms with Crippen molar-refractivity contribution in [3.05, 3.63) is 46.5 Å². The molecule has 0 aliphatic carbocycles. The molecule has 2 aromatic rings. The van der Waals surface area contributed by atoms with Crippen molar-refractivity contribution in [1.29, 1.82) is 0 Å². The summed E-state index contributed by atoms with van der Waals surface area (Å²) in [5, 5.41) is 3.35. The monoisotopic (exact) mass is 434 g/mol. The van der Waals surface area contributed by atoms with Gasteiger partial charge in [-0.3, -0.25) is 4.79 Å². The number of halogens is 1. The molecular formula is C21H27ClN4O4. The normalized spacial score (nSPS) is 18.9. The molecule has 2 heterocycles. The molecule has 0 saturated carbocycles. The van der Waals surface area contributed by atoms with Gasteiger partial charge in [-0.1, -0.05) is 24.6 Å². The van der Waals surface area contributed by atoms with E-state index in [0.29, 0.717) is 43.3 Å². The lowest BCUT2D eigenvalue weighted by atomic mass is 10.00. The summed E-state index contributed by atoms with van der Waals surface area (Å²) in [5.74, 6) is -0.461. The smallest absolute Gasteiger partial charge is 0.337 e. The van der Waals surface area contributed by atoms with Crippen molar-refractivity contribution < 1.29 is 19.1 Å². The number of imidazole rings is 1. The van der Waals surface area contributed by atoms with E-state index in [2.05, 4.69) is 20.2 Å². The molecule has 1 fully saturated rings. The van der Waals surface area contributed by atoms with Crippen molar-refractivity contribution in [2.24, 2.45) is 0 Å². The van der Waals surface area contributed by atoms with E-state index in [0.717, 1.165) is 11.4 Å². The second-order valence-corrected chi connectivity index (χ2v) is 7.42. The third kappa shape index (κ3) is 4.94. The molecule has 1 saturated heterocycles. The minimum atomic E-state index is -0.371. The van der Waals surface area contributed by atoms with Gasteiger partial charge in [-0.15, -0.1) is 0 Å². The number of nitrogens with zero attached hydrogens (tertiary/aromatic N) is 2. The molecule has 3 rings (SSSR count). The molecule has 8 nitrogen and oxygen atoms in total. The van der Waals surface area contributed by atoms with E-state index in [9.17, 15) is 9.59 Å². The summed E-state index contributed by atoms with van der Waals surface area (Å²) in [5.41, 5.74) is 2.15. The Morgan fingerprint density at radius 3 is 2.83 bits per heavy atom. The summed E-state index contributed by atoms with van der Waals surface area (Å²) in [7, 11) is 1.37. The Morgan fingerprint density at radius 1 is 1.37 bits per heavy atom. The number of carbonyl (C=O) groups excluding carboxylic acids is 2. The maximum absolute atomic E-state index is 12.7. The molecule has 9 heteroatoms. The standard InChI is InChI=1S/C21H27ClN4O4/c1-4-15-18(22)25-19(23-15)20(27)24-16-9-10-26(12-17(16)30-5-2)14-8-6-7-13(11-14)21(28)29-3/h6-8,11,16-17H,4-5,9-10,12H2,1-3H3,(H,23,25)(H,24,27)/t16-,17+/m0/s1. The number of aromatic amines is 1. The highest BCUT2D eigenvalue weighted by molar-refractivity contribution is 6.30. The summed E-state index contributed by atoms with van der Waals surface area (Å²) in [6.07, 6.45) is 1.16. The average Bonchev–Trinajstić information content (AvgIpc) is 3.15. The lowest BCUT2D eigenvalue weighted by molar-refractivity contribution is 0.0271. The molecule has 1 aromatic heterocycles. The van der Waals surface area contributed by atoms with Crippen molar-refractivity contribution in [3.8, 4) is 0 Å². The van der Waals surface area contributed by atoms with Gasteiger partial charge in [0.05, 0.1) is 30.5 Å². The van der Waals surface area contributed by atoms with Crippen LogP contribution in [0.1, 0.15) is 46.9 Å². The van der Waals surface area contributed by atoms with E-state index in [-0.39, 0.29) is 29.8 Å². The number of nitrogens with one attached hydrogen (secondary N) is 2. The number of hydrogen-bond donors (Lipinski definition) is 2. The van der Waals surface area contributed by atoms with Crippen LogP contribution in [0.4, 0.5) is 5.69 Å². The third-order valence-electron chi connectivity index (χ3n) is 5.19. The second kappa shape index (κ2) is 9.95. The number of rotatable bonds is 7. The number of aromatic nitrogens is 2. The Bertz CT molecular complexity index is 901. The number of amides is 1. The van der Waals surface area contributed by atoms with Crippen LogP contribution in [0.3, 0.4) is 0 Å². The number of benzene rings is 1. The van der Waals surface area contributed by atoms with Gasteiger partial charge in [-0.05, 0) is 38.0 Å². The van der Waals surface area contributed by atoms with Crippen LogP contribution in [0.15, 0.2) is 24.3 Å². The highest BCUT2D eigenvalue weighted by Crippen LogP contribution is 2.24. The van der Waals surface area contributed by atoms with E-state index in [1.807, 2.05) is 32.0 Å². The predicted molar refractivity (Wildman–Crippen MR) is 114 cm³/mol. The lowest BCUT2D eigenvalue weighted by Crippen LogP contribution is -2.55. The van der Waals surface area contributed by atoms with Crippen LogP contribution in [0.2, 0.25) is 5.15 Å². The van der Waals surface area contributed by atoms with Crippen molar-refractivity contribution >= 4 is 29.2 Å². The largest absolute Gasteiger partial charge is 0.465 e. The highest BCUT2D eigenvalue weighted by atomic mass is 35.5. The topological polar surface area (TPSA) is 96.6 Å². The molecule has 1 amide bonds. The van der Waals surface area contributed by atoms with Gasteiger partial charge < -0.3 is 24.7 Å². The molecule has 30 heavy (non-hydrogen) atoms. The molecule has 2 N–H and O–H groups in total. The predicted octanol–water partition coefficient (Wildman–Crippen LogP) is 2.83. The average molecular weight is 435 g/mol. The number of anilines is 1. The highest BCUT2D eigenvalue weighted by Gasteiger charge is 2.32. The van der Waals surface area contributed by atoms with Gasteiger partial charge >= 0.3 is 5.97 Å². The van der Waals surface area contributed by atoms with E-state index in [1.165, 1.54) is 7.11 Å². The lowest BCUT2D eigenvalue weighted by Gasteiger charge is -2.39. The first-order chi connectivity index (χ1) is 14.5. The van der Waals surface area contributed by atoms with E-state index in [1.54, 1.807) is 6.07 Å². The van der Waals surface area contributed by atoms with Crippen LogP contribution in [-0.2, 0) is 15.9 Å². The summed E-state index contributed by atoms with van der Waals surface area (Å²) in [6.45, 7) is 5.69. The van der Waals surface area contributed by atoms with Gasteiger partial charge in [-0.2, -0.15) is 0 Å². The SMILES string of the molecule is CCO[C@@H]1CN(c2cccc(C(=O)OC)c2)CC[C@@H]1NC(=O)c1nc(Cl)c(CC)[nH]1. The number of methoxy groups -OCH3 is 1. The van der Waals surface area contributed by atoms with E-state index < -0.39 is 0 Å². The fourth-order valence-corrected chi connectivity index (χ4v) is 3.88. The Morgan fingerprint density at radius 2 is 2.17 bits per heavy atom. The molecule has 1 aromatic carbocycles. The van der Waals surface area contributed by atoms with Crippen LogP contribution >= 0.6 is 11.6 Å². The molecule has 162 valence electrons. The Balaban J connectivity index is 1.70. The summed E-state index contributed by atoms with van der Waals surface area (Å²) < 4.78 is 10.7. The van der Waals surface area contributed by atoms with Crippen molar-refractivity contribution in [1.82, 2.24) is 15.3 Å². The van der Waals surface area contributed by atoms with Crippen LogP contribution in [0, 0.1) is 0 Å². The summed E-state index contributed by atoms with van der Waals surface area (Å²) in [4.78, 5) is 33.7. The zero-order valence-corrected chi connectivity index (χ0v) is 18.2. The molecule has 2 atom stereocenters. The Labute approximate surface area is 180 Å². The Kier molecular flexibility index (Phi) is 7.33. The van der Waals surface area contributed by atoms with Crippen LogP contribution in [0.25, 0.3) is 0 Å². The molecule has 0 spiro atoms. The fourth-order valence-electron chi connectivity index (χ4n) is 3.61. The van der Waals surface area contributed by atoms with Crippen molar-refractivity contribution in [3.63, 3.8) is 0 Å². The third-order valence-corrected chi connectivity index (χ3v) is 5.50. The Hall–Kier alpha value is -2.58. The van der Waals surface area contributed by atoms with Gasteiger partial charge in [0, 0.05) is 25.4 Å². The zero-order valence-electron chi connectivity index (χ0n) is 17.4. The minimum absolute atomic E-state index is 0.161. The number of ether oxygens (including phenoxy) is 2. The first-order valence-electron chi connectivity index (χ1n) is 10.1. The quantitative estimate of drug-likeness (QED) is 0.650. The van der Waals surface area contributed by atoms with E-state index >= 15 is 0 Å². The number of esters is 1. The minimum Gasteiger partial charge on any atom is -0.465 e. The van der Waals surface area contributed by atoms with Gasteiger partial charge in [0.25, 0.3) is 5.91 Å². The van der Waals surface area contributed by atoms with E-state index in [4.69, 9.17) is 21.1 Å². The van der Waals surface area contributed by atoms with Crippen molar-refractivity contribution in [2.45, 2.75) is 38.8 Å². The van der Waals surface area contributed by atoms with Gasteiger partial charge in [-0.25, -0.2) is 9.78 Å². The number of aryl methyl sites for hydroxylation is 1. The first kappa shape index (κ1) is 22.1. The van der Waals surface area contributed by atoms with Crippen LogP contribution in [0.5, 0.6) is 0 Å². The van der Waals surface area contributed by atoms with Crippen LogP contribution in [-0.4, -0.2) is 60.8 Å². The molecule has 1 aliphatic heterocycles. The molecule has 0 unspecified atom stereocenters. The summed E-state index contributed by atoms with van der Waals surface area (Å²) >= 11 is 6.06. The van der Waals surface area contributed by atoms with Crippen molar-refractivity contribution in [2.75, 3.05) is 31.7 Å². The number of hydrogen-bond acceptors (Lipinski definition) is 6. The van der Waals surface area contributed by atoms with Gasteiger partial charge in [0.15, 0.2) is 11.0 Å². The van der Waals surface area contributed by atoms with Gasteiger partial charge in [0.1, 0.15) is 0 Å². The molecule has 0 radical (unpaired) electrons. The second-order valence-electron chi connectivity index (χ2n) is 7.06.